The van der Waals surface area contributed by atoms with E-state index in [-0.39, 0.29) is 0 Å². The third-order valence-electron chi connectivity index (χ3n) is 2.37. The second-order valence-electron chi connectivity index (χ2n) is 3.71. The van der Waals surface area contributed by atoms with Crippen LogP contribution in [0.15, 0.2) is 50.2 Å². The maximum absolute atomic E-state index is 6.18. The van der Waals surface area contributed by atoms with Crippen molar-refractivity contribution < 1.29 is 0 Å². The van der Waals surface area contributed by atoms with E-state index in [9.17, 15) is 0 Å². The van der Waals surface area contributed by atoms with E-state index in [0.717, 1.165) is 35.9 Å². The molecular formula is C13H10Br2ClNS. The fourth-order valence-electron chi connectivity index (χ4n) is 1.43. The zero-order chi connectivity index (χ0) is 13.1. The largest absolute Gasteiger partial charge is 0.398 e. The Balaban J connectivity index is 2.13. The first kappa shape index (κ1) is 14.3. The first-order valence-electron chi connectivity index (χ1n) is 5.18. The summed E-state index contributed by atoms with van der Waals surface area (Å²) in [5, 5.41) is 0.769. The van der Waals surface area contributed by atoms with Gasteiger partial charge in [0, 0.05) is 30.3 Å². The predicted molar refractivity (Wildman–Crippen MR) is 87.3 cm³/mol. The molecule has 5 heteroatoms. The summed E-state index contributed by atoms with van der Waals surface area (Å²) >= 11 is 14.7. The number of thioether (sulfide) groups is 1. The zero-order valence-corrected chi connectivity index (χ0v) is 14.0. The van der Waals surface area contributed by atoms with Gasteiger partial charge in [0.2, 0.25) is 0 Å². The van der Waals surface area contributed by atoms with Crippen LogP contribution in [-0.2, 0) is 5.75 Å². The Bertz CT molecular complexity index is 575. The van der Waals surface area contributed by atoms with Crippen LogP contribution in [0, 0.1) is 0 Å². The Morgan fingerprint density at radius 1 is 1.06 bits per heavy atom. The van der Waals surface area contributed by atoms with Gasteiger partial charge in [0.1, 0.15) is 0 Å². The zero-order valence-electron chi connectivity index (χ0n) is 9.29. The van der Waals surface area contributed by atoms with Crippen LogP contribution >= 0.6 is 55.2 Å². The molecule has 0 saturated carbocycles. The summed E-state index contributed by atoms with van der Waals surface area (Å²) in [6, 6.07) is 11.8. The minimum Gasteiger partial charge on any atom is -0.398 e. The molecule has 0 heterocycles. The van der Waals surface area contributed by atoms with Crippen molar-refractivity contribution in [2.24, 2.45) is 0 Å². The molecule has 2 aromatic rings. The average molecular weight is 408 g/mol. The summed E-state index contributed by atoms with van der Waals surface area (Å²) in [7, 11) is 0. The molecule has 0 radical (unpaired) electrons. The van der Waals surface area contributed by atoms with E-state index >= 15 is 0 Å². The molecular weight excluding hydrogens is 397 g/mol. The molecule has 0 bridgehead atoms. The van der Waals surface area contributed by atoms with E-state index in [1.807, 2.05) is 36.4 Å². The molecule has 18 heavy (non-hydrogen) atoms. The second kappa shape index (κ2) is 6.33. The highest BCUT2D eigenvalue weighted by Crippen LogP contribution is 2.33. The predicted octanol–water partition coefficient (Wildman–Crippen LogP) is 5.74. The summed E-state index contributed by atoms with van der Waals surface area (Å²) < 4.78 is 2.02. The Morgan fingerprint density at radius 3 is 2.44 bits per heavy atom. The van der Waals surface area contributed by atoms with Gasteiger partial charge < -0.3 is 5.73 Å². The van der Waals surface area contributed by atoms with E-state index in [4.69, 9.17) is 17.3 Å². The van der Waals surface area contributed by atoms with Gasteiger partial charge in [-0.15, -0.1) is 11.8 Å². The second-order valence-corrected chi connectivity index (χ2v) is 6.96. The molecule has 0 aliphatic rings. The number of rotatable bonds is 3. The SMILES string of the molecule is Nc1ccc(Br)cc1SCc1ccc(Br)cc1Cl. The van der Waals surface area contributed by atoms with Gasteiger partial charge in [-0.05, 0) is 35.9 Å². The van der Waals surface area contributed by atoms with Gasteiger partial charge in [0.15, 0.2) is 0 Å². The summed E-state index contributed by atoms with van der Waals surface area (Å²) in [4.78, 5) is 1.06. The van der Waals surface area contributed by atoms with Crippen LogP contribution in [0.1, 0.15) is 5.56 Å². The normalized spacial score (nSPS) is 10.6. The lowest BCUT2D eigenvalue weighted by molar-refractivity contribution is 1.37. The Morgan fingerprint density at radius 2 is 1.72 bits per heavy atom. The van der Waals surface area contributed by atoms with E-state index in [2.05, 4.69) is 31.9 Å². The van der Waals surface area contributed by atoms with Crippen LogP contribution in [0.2, 0.25) is 5.02 Å². The van der Waals surface area contributed by atoms with Crippen molar-refractivity contribution in [1.82, 2.24) is 0 Å². The standard InChI is InChI=1S/C13H10Br2ClNS/c14-9-2-1-8(11(16)5-9)7-18-13-6-10(15)3-4-12(13)17/h1-6H,7,17H2. The van der Waals surface area contributed by atoms with Gasteiger partial charge in [0.25, 0.3) is 0 Å². The molecule has 2 N–H and O–H groups in total. The Hall–Kier alpha value is -0.160. The van der Waals surface area contributed by atoms with Gasteiger partial charge in [0.05, 0.1) is 0 Å². The average Bonchev–Trinajstić information content (AvgIpc) is 2.32. The topological polar surface area (TPSA) is 26.0 Å². The maximum Gasteiger partial charge on any atom is 0.0457 e. The summed E-state index contributed by atoms with van der Waals surface area (Å²) in [6.07, 6.45) is 0. The molecule has 2 aromatic carbocycles. The fourth-order valence-corrected chi connectivity index (χ4v) is 3.77. The monoisotopic (exact) mass is 405 g/mol. The van der Waals surface area contributed by atoms with Crippen LogP contribution in [-0.4, -0.2) is 0 Å². The number of anilines is 1. The molecule has 0 amide bonds. The van der Waals surface area contributed by atoms with Gasteiger partial charge >= 0.3 is 0 Å². The molecule has 0 aromatic heterocycles. The number of hydrogen-bond donors (Lipinski definition) is 1. The number of nitrogens with two attached hydrogens (primary N) is 1. The number of halogens is 3. The highest BCUT2D eigenvalue weighted by atomic mass is 79.9. The first-order valence-corrected chi connectivity index (χ1v) is 8.13. The van der Waals surface area contributed by atoms with Gasteiger partial charge in [-0.3, -0.25) is 0 Å². The highest BCUT2D eigenvalue weighted by molar-refractivity contribution is 9.10. The summed E-state index contributed by atoms with van der Waals surface area (Å²) in [5.41, 5.74) is 7.82. The third kappa shape index (κ3) is 3.67. The highest BCUT2D eigenvalue weighted by Gasteiger charge is 2.05. The van der Waals surface area contributed by atoms with Gasteiger partial charge in [-0.2, -0.15) is 0 Å². The smallest absolute Gasteiger partial charge is 0.0457 e. The van der Waals surface area contributed by atoms with Crippen molar-refractivity contribution in [2.75, 3.05) is 5.73 Å². The molecule has 1 nitrogen and oxygen atoms in total. The molecule has 2 rings (SSSR count). The van der Waals surface area contributed by atoms with Crippen molar-refractivity contribution in [2.45, 2.75) is 10.6 Å². The van der Waals surface area contributed by atoms with Crippen LogP contribution in [0.3, 0.4) is 0 Å². The van der Waals surface area contributed by atoms with E-state index < -0.39 is 0 Å². The van der Waals surface area contributed by atoms with Crippen molar-refractivity contribution >= 4 is 60.9 Å². The van der Waals surface area contributed by atoms with E-state index in [0.29, 0.717) is 0 Å². The lowest BCUT2D eigenvalue weighted by Gasteiger charge is -2.07. The summed E-state index contributed by atoms with van der Waals surface area (Å²) in [6.45, 7) is 0. The molecule has 94 valence electrons. The molecule has 0 aliphatic carbocycles. The Kier molecular flexibility index (Phi) is 5.01. The number of benzene rings is 2. The van der Waals surface area contributed by atoms with E-state index in [1.165, 1.54) is 0 Å². The number of hydrogen-bond acceptors (Lipinski definition) is 2. The maximum atomic E-state index is 6.18. The quantitative estimate of drug-likeness (QED) is 0.519. The van der Waals surface area contributed by atoms with E-state index in [1.54, 1.807) is 11.8 Å². The van der Waals surface area contributed by atoms with Crippen LogP contribution in [0.4, 0.5) is 5.69 Å². The van der Waals surface area contributed by atoms with Crippen molar-refractivity contribution in [1.29, 1.82) is 0 Å². The van der Waals surface area contributed by atoms with Crippen molar-refractivity contribution in [3.63, 3.8) is 0 Å². The van der Waals surface area contributed by atoms with Crippen molar-refractivity contribution in [3.05, 3.63) is 55.9 Å². The van der Waals surface area contributed by atoms with Crippen LogP contribution in [0.25, 0.3) is 0 Å². The number of nitrogen functional groups attached to an aromatic ring is 1. The molecule has 0 atom stereocenters. The molecule has 0 saturated heterocycles. The Labute approximate surface area is 132 Å². The van der Waals surface area contributed by atoms with Gasteiger partial charge in [-0.25, -0.2) is 0 Å². The lowest BCUT2D eigenvalue weighted by Crippen LogP contribution is -1.89. The minimum absolute atomic E-state index is 0.769. The molecule has 0 fully saturated rings. The van der Waals surface area contributed by atoms with Crippen LogP contribution < -0.4 is 5.73 Å². The lowest BCUT2D eigenvalue weighted by atomic mass is 10.2. The molecule has 0 unspecified atom stereocenters. The first-order chi connectivity index (χ1) is 8.56. The van der Waals surface area contributed by atoms with Crippen molar-refractivity contribution in [3.8, 4) is 0 Å². The summed E-state index contributed by atoms with van der Waals surface area (Å²) in [5.74, 6) is 0.798. The molecule has 0 spiro atoms. The molecule has 0 aliphatic heterocycles. The minimum atomic E-state index is 0.769. The third-order valence-corrected chi connectivity index (χ3v) is 4.83. The fraction of sp³-hybridized carbons (Fsp3) is 0.0769. The van der Waals surface area contributed by atoms with Gasteiger partial charge in [-0.1, -0.05) is 49.5 Å². The van der Waals surface area contributed by atoms with Crippen LogP contribution in [0.5, 0.6) is 0 Å².